The minimum absolute atomic E-state index is 0.329. The third-order valence-electron chi connectivity index (χ3n) is 4.86. The Labute approximate surface area is 154 Å². The predicted molar refractivity (Wildman–Crippen MR) is 102 cm³/mol. The molecule has 0 aromatic carbocycles. The number of rotatable bonds is 9. The van der Waals surface area contributed by atoms with Crippen molar-refractivity contribution in [2.24, 2.45) is 5.92 Å². The Balaban J connectivity index is 1.48. The van der Waals surface area contributed by atoms with Crippen molar-refractivity contribution < 1.29 is 14.2 Å². The minimum Gasteiger partial charge on any atom is -0.377 e. The molecule has 1 aliphatic carbocycles. The van der Waals surface area contributed by atoms with Crippen molar-refractivity contribution in [1.29, 1.82) is 0 Å². The lowest BCUT2D eigenvalue weighted by Crippen LogP contribution is -2.44. The summed E-state index contributed by atoms with van der Waals surface area (Å²) in [6.45, 7) is 13.3. The van der Waals surface area contributed by atoms with Gasteiger partial charge in [-0.25, -0.2) is 0 Å². The minimum atomic E-state index is 0.329. The standard InChI is InChI=1S/C21H37NO3/c1-17(2)7-5-6-13-24-20-15-21(16-20)25-19-8-10-22(11-9-19)12-14-23-18(3)4/h17-21H,7-16H2,1-4H3. The molecule has 2 aliphatic rings. The first kappa shape index (κ1) is 20.7. The Morgan fingerprint density at radius 3 is 2.32 bits per heavy atom. The van der Waals surface area contributed by atoms with E-state index >= 15 is 0 Å². The largest absolute Gasteiger partial charge is 0.377 e. The Hall–Kier alpha value is -0.600. The molecule has 1 aliphatic heterocycles. The zero-order chi connectivity index (χ0) is 18.1. The van der Waals surface area contributed by atoms with E-state index in [2.05, 4.69) is 44.4 Å². The molecule has 1 saturated heterocycles. The van der Waals surface area contributed by atoms with Gasteiger partial charge in [-0.1, -0.05) is 19.8 Å². The first-order valence-corrected chi connectivity index (χ1v) is 10.1. The molecular formula is C21H37NO3. The molecule has 1 heterocycles. The Kier molecular flexibility index (Phi) is 9.26. The van der Waals surface area contributed by atoms with E-state index in [0.717, 1.165) is 58.3 Å². The van der Waals surface area contributed by atoms with Gasteiger partial charge in [0.1, 0.15) is 6.61 Å². The fourth-order valence-electron chi connectivity index (χ4n) is 3.21. The molecule has 0 radical (unpaired) electrons. The third kappa shape index (κ3) is 8.55. The highest BCUT2D eigenvalue weighted by atomic mass is 16.5. The van der Waals surface area contributed by atoms with Crippen LogP contribution in [0.1, 0.15) is 59.8 Å². The molecule has 1 saturated carbocycles. The van der Waals surface area contributed by atoms with Gasteiger partial charge >= 0.3 is 0 Å². The molecular weight excluding hydrogens is 314 g/mol. The quantitative estimate of drug-likeness (QED) is 0.595. The highest BCUT2D eigenvalue weighted by molar-refractivity contribution is 5.00. The fraction of sp³-hybridized carbons (Fsp3) is 0.905. The van der Waals surface area contributed by atoms with Crippen LogP contribution in [0.5, 0.6) is 0 Å². The van der Waals surface area contributed by atoms with E-state index in [0.29, 0.717) is 36.9 Å². The number of likely N-dealkylation sites (tertiary alicyclic amines) is 1. The molecule has 0 aromatic heterocycles. The second kappa shape index (κ2) is 11.2. The van der Waals surface area contributed by atoms with Gasteiger partial charge in [-0.3, -0.25) is 0 Å². The summed E-state index contributed by atoms with van der Waals surface area (Å²) in [5, 5.41) is 0. The number of hydrogen-bond acceptors (Lipinski definition) is 4. The second-order valence-corrected chi connectivity index (χ2v) is 8.07. The van der Waals surface area contributed by atoms with E-state index < -0.39 is 0 Å². The zero-order valence-corrected chi connectivity index (χ0v) is 16.6. The van der Waals surface area contributed by atoms with E-state index in [1.807, 2.05) is 0 Å². The number of piperidine rings is 1. The van der Waals surface area contributed by atoms with E-state index in [-0.39, 0.29) is 0 Å². The molecule has 4 heteroatoms. The molecule has 0 unspecified atom stereocenters. The normalized spacial score (nSPS) is 25.0. The molecule has 2 fully saturated rings. The van der Waals surface area contributed by atoms with Crippen molar-refractivity contribution in [2.75, 3.05) is 32.8 Å². The average Bonchev–Trinajstić information content (AvgIpc) is 2.52. The smallest absolute Gasteiger partial charge is 0.108 e. The first-order valence-electron chi connectivity index (χ1n) is 10.1. The van der Waals surface area contributed by atoms with Crippen molar-refractivity contribution in [2.45, 2.75) is 84.2 Å². The number of nitrogens with zero attached hydrogens (tertiary/aromatic N) is 1. The van der Waals surface area contributed by atoms with Crippen LogP contribution >= 0.6 is 0 Å². The van der Waals surface area contributed by atoms with Gasteiger partial charge in [-0.15, -0.1) is 5.92 Å². The van der Waals surface area contributed by atoms with Gasteiger partial charge < -0.3 is 19.1 Å². The van der Waals surface area contributed by atoms with Gasteiger partial charge in [-0.05, 0) is 32.6 Å². The Morgan fingerprint density at radius 1 is 0.960 bits per heavy atom. The molecule has 2 rings (SSSR count). The topological polar surface area (TPSA) is 30.9 Å². The molecule has 0 atom stereocenters. The highest BCUT2D eigenvalue weighted by Gasteiger charge is 2.33. The van der Waals surface area contributed by atoms with Crippen LogP contribution in [0.2, 0.25) is 0 Å². The second-order valence-electron chi connectivity index (χ2n) is 8.07. The maximum atomic E-state index is 6.23. The lowest BCUT2D eigenvalue weighted by Gasteiger charge is -2.39. The summed E-state index contributed by atoms with van der Waals surface area (Å²) in [5.41, 5.74) is 0. The van der Waals surface area contributed by atoms with Gasteiger partial charge in [0.05, 0.1) is 31.0 Å². The van der Waals surface area contributed by atoms with Crippen LogP contribution in [0.4, 0.5) is 0 Å². The summed E-state index contributed by atoms with van der Waals surface area (Å²) in [4.78, 5) is 2.49. The highest BCUT2D eigenvalue weighted by Crippen LogP contribution is 2.29. The van der Waals surface area contributed by atoms with Gasteiger partial charge in [0, 0.05) is 38.9 Å². The van der Waals surface area contributed by atoms with Crippen molar-refractivity contribution in [3.8, 4) is 11.8 Å². The summed E-state index contributed by atoms with van der Waals surface area (Å²) >= 11 is 0. The van der Waals surface area contributed by atoms with Crippen LogP contribution in [0.25, 0.3) is 0 Å². The lowest BCUT2D eigenvalue weighted by molar-refractivity contribution is -0.131. The molecule has 0 amide bonds. The Bertz CT molecular complexity index is 413. The molecule has 144 valence electrons. The number of ether oxygens (including phenoxy) is 3. The molecule has 0 spiro atoms. The summed E-state index contributed by atoms with van der Waals surface area (Å²) in [7, 11) is 0. The summed E-state index contributed by atoms with van der Waals surface area (Å²) in [6, 6.07) is 0. The van der Waals surface area contributed by atoms with Gasteiger partial charge in [0.15, 0.2) is 0 Å². The summed E-state index contributed by atoms with van der Waals surface area (Å²) < 4.78 is 17.7. The van der Waals surface area contributed by atoms with E-state index in [1.54, 1.807) is 0 Å². The lowest BCUT2D eigenvalue weighted by atomic mass is 9.91. The molecule has 0 N–H and O–H groups in total. The molecule has 0 aromatic rings. The van der Waals surface area contributed by atoms with Crippen LogP contribution in [0, 0.1) is 17.8 Å². The Morgan fingerprint density at radius 2 is 1.68 bits per heavy atom. The third-order valence-corrected chi connectivity index (χ3v) is 4.86. The SMILES string of the molecule is CC(C)CC#CCOC1CC(OC2CCN(CCOC(C)C)CC2)C1. The van der Waals surface area contributed by atoms with Crippen LogP contribution in [0.3, 0.4) is 0 Å². The van der Waals surface area contributed by atoms with Crippen LogP contribution in [-0.4, -0.2) is 62.2 Å². The predicted octanol–water partition coefficient (Wildman–Crippen LogP) is 3.49. The maximum Gasteiger partial charge on any atom is 0.108 e. The summed E-state index contributed by atoms with van der Waals surface area (Å²) in [6.07, 6.45) is 6.83. The van der Waals surface area contributed by atoms with E-state index in [9.17, 15) is 0 Å². The molecule has 0 bridgehead atoms. The van der Waals surface area contributed by atoms with Crippen LogP contribution < -0.4 is 0 Å². The van der Waals surface area contributed by atoms with E-state index in [1.165, 1.54) is 0 Å². The molecule has 25 heavy (non-hydrogen) atoms. The average molecular weight is 352 g/mol. The maximum absolute atomic E-state index is 6.23. The van der Waals surface area contributed by atoms with E-state index in [4.69, 9.17) is 14.2 Å². The fourth-order valence-corrected chi connectivity index (χ4v) is 3.21. The van der Waals surface area contributed by atoms with Gasteiger partial charge in [0.2, 0.25) is 0 Å². The van der Waals surface area contributed by atoms with Crippen molar-refractivity contribution in [1.82, 2.24) is 4.90 Å². The summed E-state index contributed by atoms with van der Waals surface area (Å²) in [5.74, 6) is 6.92. The zero-order valence-electron chi connectivity index (χ0n) is 16.6. The number of hydrogen-bond donors (Lipinski definition) is 0. The van der Waals surface area contributed by atoms with Crippen molar-refractivity contribution >= 4 is 0 Å². The van der Waals surface area contributed by atoms with Crippen molar-refractivity contribution in [3.05, 3.63) is 0 Å². The van der Waals surface area contributed by atoms with Gasteiger partial charge in [-0.2, -0.15) is 0 Å². The monoisotopic (exact) mass is 351 g/mol. The van der Waals surface area contributed by atoms with Crippen molar-refractivity contribution in [3.63, 3.8) is 0 Å². The van der Waals surface area contributed by atoms with Gasteiger partial charge in [0.25, 0.3) is 0 Å². The first-order chi connectivity index (χ1) is 12.0. The molecule has 4 nitrogen and oxygen atoms in total. The van der Waals surface area contributed by atoms with Crippen LogP contribution in [-0.2, 0) is 14.2 Å². The van der Waals surface area contributed by atoms with Crippen LogP contribution in [0.15, 0.2) is 0 Å².